The van der Waals surface area contributed by atoms with Crippen molar-refractivity contribution in [2.24, 2.45) is 11.8 Å². The first kappa shape index (κ1) is 11.6. The number of amides is 1. The lowest BCUT2D eigenvalue weighted by molar-refractivity contribution is -0.151. The first-order valence-corrected chi connectivity index (χ1v) is 7.16. The van der Waals surface area contributed by atoms with Crippen LogP contribution in [0, 0.1) is 11.8 Å². The van der Waals surface area contributed by atoms with Crippen LogP contribution in [-0.4, -0.2) is 40.5 Å². The summed E-state index contributed by atoms with van der Waals surface area (Å²) in [6.45, 7) is 3.84. The molecule has 3 aliphatic heterocycles. The van der Waals surface area contributed by atoms with Gasteiger partial charge in [0.2, 0.25) is 5.91 Å². The molecule has 0 saturated carbocycles. The number of aliphatic hydroxyl groups excluding tert-OH is 1. The number of nitrogens with zero attached hydrogens (tertiary/aromatic N) is 1. The van der Waals surface area contributed by atoms with Gasteiger partial charge in [-0.15, -0.1) is 11.8 Å². The molecule has 0 aliphatic carbocycles. The van der Waals surface area contributed by atoms with Gasteiger partial charge in [0.15, 0.2) is 0 Å². The first-order valence-electron chi connectivity index (χ1n) is 6.28. The number of carbonyl (C=O) groups is 1. The summed E-state index contributed by atoms with van der Waals surface area (Å²) in [4.78, 5) is 14.9. The summed E-state index contributed by atoms with van der Waals surface area (Å²) in [6.07, 6.45) is 3.89. The zero-order valence-corrected chi connectivity index (χ0v) is 10.7. The molecule has 1 amide bonds. The van der Waals surface area contributed by atoms with E-state index in [1.54, 1.807) is 23.6 Å². The highest BCUT2D eigenvalue weighted by Crippen LogP contribution is 2.49. The largest absolute Gasteiger partial charge is 0.392 e. The Balaban J connectivity index is 1.69. The molecule has 3 rings (SSSR count). The SMILES string of the molecule is CC(O)[C@H]1C(=O)N2C=C(C3CCCNC3)S[C@H]12. The van der Waals surface area contributed by atoms with E-state index in [1.807, 2.05) is 6.20 Å². The maximum absolute atomic E-state index is 11.8. The molecule has 2 saturated heterocycles. The highest BCUT2D eigenvalue weighted by Gasteiger charge is 2.53. The van der Waals surface area contributed by atoms with E-state index < -0.39 is 6.10 Å². The Labute approximate surface area is 105 Å². The Morgan fingerprint density at radius 3 is 3.12 bits per heavy atom. The molecule has 0 aromatic carbocycles. The van der Waals surface area contributed by atoms with Crippen molar-refractivity contribution in [3.8, 4) is 0 Å². The van der Waals surface area contributed by atoms with E-state index in [4.69, 9.17) is 0 Å². The zero-order chi connectivity index (χ0) is 12.0. The topological polar surface area (TPSA) is 52.6 Å². The summed E-state index contributed by atoms with van der Waals surface area (Å²) in [5.41, 5.74) is 0. The van der Waals surface area contributed by atoms with Crippen LogP contribution in [0.15, 0.2) is 11.1 Å². The number of thioether (sulfide) groups is 1. The van der Waals surface area contributed by atoms with Crippen molar-refractivity contribution in [3.63, 3.8) is 0 Å². The predicted molar refractivity (Wildman–Crippen MR) is 67.1 cm³/mol. The van der Waals surface area contributed by atoms with Gasteiger partial charge in [-0.3, -0.25) is 4.79 Å². The molecule has 5 heteroatoms. The van der Waals surface area contributed by atoms with E-state index in [9.17, 15) is 9.90 Å². The molecule has 94 valence electrons. The number of rotatable bonds is 2. The van der Waals surface area contributed by atoms with E-state index in [1.165, 1.54) is 17.7 Å². The highest BCUT2D eigenvalue weighted by molar-refractivity contribution is 8.04. The monoisotopic (exact) mass is 254 g/mol. The normalized spacial score (nSPS) is 38.5. The minimum Gasteiger partial charge on any atom is -0.392 e. The molecule has 3 heterocycles. The van der Waals surface area contributed by atoms with E-state index in [-0.39, 0.29) is 17.2 Å². The smallest absolute Gasteiger partial charge is 0.236 e. The third kappa shape index (κ3) is 1.80. The van der Waals surface area contributed by atoms with Crippen molar-refractivity contribution in [1.29, 1.82) is 0 Å². The summed E-state index contributed by atoms with van der Waals surface area (Å²) < 4.78 is 0. The van der Waals surface area contributed by atoms with Crippen LogP contribution in [0.25, 0.3) is 0 Å². The second kappa shape index (κ2) is 4.30. The van der Waals surface area contributed by atoms with E-state index in [2.05, 4.69) is 5.32 Å². The van der Waals surface area contributed by atoms with Crippen molar-refractivity contribution in [3.05, 3.63) is 11.1 Å². The molecule has 2 fully saturated rings. The number of carbonyl (C=O) groups excluding carboxylic acids is 1. The molecule has 0 spiro atoms. The maximum atomic E-state index is 11.8. The van der Waals surface area contributed by atoms with Crippen LogP contribution in [0.4, 0.5) is 0 Å². The Morgan fingerprint density at radius 2 is 2.47 bits per heavy atom. The molecular weight excluding hydrogens is 236 g/mol. The molecule has 0 aromatic heterocycles. The Bertz CT molecular complexity index is 364. The number of aliphatic hydroxyl groups is 1. The third-order valence-corrected chi connectivity index (χ3v) is 5.34. The molecule has 0 aromatic rings. The van der Waals surface area contributed by atoms with E-state index in [0.717, 1.165) is 13.1 Å². The van der Waals surface area contributed by atoms with Crippen LogP contribution >= 0.6 is 11.8 Å². The van der Waals surface area contributed by atoms with Gasteiger partial charge in [-0.05, 0) is 26.3 Å². The van der Waals surface area contributed by atoms with Gasteiger partial charge in [0, 0.05) is 23.6 Å². The van der Waals surface area contributed by atoms with Gasteiger partial charge in [0.25, 0.3) is 0 Å². The van der Waals surface area contributed by atoms with Crippen molar-refractivity contribution >= 4 is 17.7 Å². The van der Waals surface area contributed by atoms with Crippen LogP contribution in [-0.2, 0) is 4.79 Å². The molecule has 0 bridgehead atoms. The zero-order valence-electron chi connectivity index (χ0n) is 9.93. The summed E-state index contributed by atoms with van der Waals surface area (Å²) in [7, 11) is 0. The van der Waals surface area contributed by atoms with Gasteiger partial charge in [-0.2, -0.15) is 0 Å². The number of piperidine rings is 1. The second-order valence-corrected chi connectivity index (χ2v) is 6.29. The lowest BCUT2D eigenvalue weighted by Gasteiger charge is -2.42. The fourth-order valence-corrected chi connectivity index (χ4v) is 4.44. The summed E-state index contributed by atoms with van der Waals surface area (Å²) in [5.74, 6) is 0.434. The number of hydrogen-bond acceptors (Lipinski definition) is 4. The standard InChI is InChI=1S/C12H18N2O2S/c1-7(15)10-11(16)14-6-9(17-12(10)14)8-3-2-4-13-5-8/h6-8,10,12-13,15H,2-5H2,1H3/t7?,8?,10-,12+/m0/s1. The van der Waals surface area contributed by atoms with Crippen LogP contribution < -0.4 is 5.32 Å². The van der Waals surface area contributed by atoms with E-state index >= 15 is 0 Å². The Morgan fingerprint density at radius 1 is 1.65 bits per heavy atom. The molecule has 4 nitrogen and oxygen atoms in total. The quantitative estimate of drug-likeness (QED) is 0.714. The maximum Gasteiger partial charge on any atom is 0.236 e. The highest BCUT2D eigenvalue weighted by atomic mass is 32.2. The van der Waals surface area contributed by atoms with Gasteiger partial charge in [-0.1, -0.05) is 0 Å². The average molecular weight is 254 g/mol. The summed E-state index contributed by atoms with van der Waals surface area (Å²) in [5, 5.41) is 13.1. The van der Waals surface area contributed by atoms with Crippen molar-refractivity contribution < 1.29 is 9.90 Å². The van der Waals surface area contributed by atoms with Crippen LogP contribution in [0.1, 0.15) is 19.8 Å². The van der Waals surface area contributed by atoms with Gasteiger partial charge < -0.3 is 15.3 Å². The van der Waals surface area contributed by atoms with Crippen molar-refractivity contribution in [2.45, 2.75) is 31.2 Å². The molecule has 3 aliphatic rings. The number of fused-ring (bicyclic) bond motifs is 1. The van der Waals surface area contributed by atoms with Gasteiger partial charge in [-0.25, -0.2) is 0 Å². The Hall–Kier alpha value is -0.520. The lowest BCUT2D eigenvalue weighted by atomic mass is 9.93. The van der Waals surface area contributed by atoms with Gasteiger partial charge in [0.05, 0.1) is 12.0 Å². The second-order valence-electron chi connectivity index (χ2n) is 5.10. The molecule has 17 heavy (non-hydrogen) atoms. The molecule has 2 N–H and O–H groups in total. The van der Waals surface area contributed by atoms with Crippen molar-refractivity contribution in [2.75, 3.05) is 13.1 Å². The van der Waals surface area contributed by atoms with E-state index in [0.29, 0.717) is 5.92 Å². The fourth-order valence-electron chi connectivity index (χ4n) is 2.83. The first-order chi connectivity index (χ1) is 8.18. The van der Waals surface area contributed by atoms with Crippen LogP contribution in [0.5, 0.6) is 0 Å². The molecule has 2 unspecified atom stereocenters. The molecule has 4 atom stereocenters. The number of hydrogen-bond donors (Lipinski definition) is 2. The summed E-state index contributed by atoms with van der Waals surface area (Å²) >= 11 is 1.77. The van der Waals surface area contributed by atoms with Gasteiger partial charge >= 0.3 is 0 Å². The Kier molecular flexibility index (Phi) is 2.92. The van der Waals surface area contributed by atoms with Crippen LogP contribution in [0.3, 0.4) is 0 Å². The molecular formula is C12H18N2O2S. The summed E-state index contributed by atoms with van der Waals surface area (Å²) in [6, 6.07) is 0. The van der Waals surface area contributed by atoms with Crippen molar-refractivity contribution in [1.82, 2.24) is 10.2 Å². The number of β-lactam (4-membered cyclic amide) rings is 1. The van der Waals surface area contributed by atoms with Gasteiger partial charge in [0.1, 0.15) is 5.37 Å². The minimum absolute atomic E-state index is 0.0799. The fraction of sp³-hybridized carbons (Fsp3) is 0.750. The third-order valence-electron chi connectivity index (χ3n) is 3.86. The lowest BCUT2D eigenvalue weighted by Crippen LogP contribution is -2.58. The molecule has 0 radical (unpaired) electrons. The average Bonchev–Trinajstić information content (AvgIpc) is 2.69. The minimum atomic E-state index is -0.534. The number of nitrogens with one attached hydrogen (secondary N) is 1. The predicted octanol–water partition coefficient (Wildman–Crippen LogP) is 0.739. The van der Waals surface area contributed by atoms with Crippen LogP contribution in [0.2, 0.25) is 0 Å².